The Labute approximate surface area is 255 Å². The third-order valence-corrected chi connectivity index (χ3v) is 8.80. The van der Waals surface area contributed by atoms with Crippen molar-refractivity contribution < 1.29 is 14.3 Å². The van der Waals surface area contributed by atoms with Crippen molar-refractivity contribution in [3.05, 3.63) is 149 Å². The highest BCUT2D eigenvalue weighted by Crippen LogP contribution is 2.36. The smallest absolute Gasteiger partial charge is 0.338 e. The molecule has 0 saturated carbocycles. The van der Waals surface area contributed by atoms with Crippen LogP contribution in [-0.4, -0.2) is 17.1 Å². The van der Waals surface area contributed by atoms with E-state index in [1.165, 1.54) is 22.7 Å². The molecule has 2 aromatic heterocycles. The fourth-order valence-corrected chi connectivity index (χ4v) is 6.71. The maximum absolute atomic E-state index is 13.9. The summed E-state index contributed by atoms with van der Waals surface area (Å²) in [5, 5.41) is 11.2. The molecule has 212 valence electrons. The van der Waals surface area contributed by atoms with Crippen molar-refractivity contribution in [1.29, 1.82) is 5.26 Å². The van der Waals surface area contributed by atoms with E-state index < -0.39 is 12.0 Å². The van der Waals surface area contributed by atoms with Gasteiger partial charge in [-0.05, 0) is 48.2 Å². The molecule has 0 N–H and O–H groups in total. The number of nitrogens with zero attached hydrogens (tertiary/aromatic N) is 3. The Morgan fingerprint density at radius 1 is 1.02 bits per heavy atom. The van der Waals surface area contributed by atoms with Crippen molar-refractivity contribution in [2.45, 2.75) is 19.6 Å². The van der Waals surface area contributed by atoms with E-state index in [1.807, 2.05) is 96.4 Å². The summed E-state index contributed by atoms with van der Waals surface area (Å²) in [7, 11) is 0. The first kappa shape index (κ1) is 28.1. The summed E-state index contributed by atoms with van der Waals surface area (Å²) in [4.78, 5) is 33.6. The number of nitriles is 1. The van der Waals surface area contributed by atoms with Gasteiger partial charge in [0.1, 0.15) is 18.4 Å². The van der Waals surface area contributed by atoms with Crippen LogP contribution in [0.5, 0.6) is 5.75 Å². The molecule has 3 heterocycles. The molecule has 3 aromatic carbocycles. The molecule has 9 heteroatoms. The standard InChI is InChI=1S/C34H25N3O4S2/c1-2-40-33(39)29-30(23-9-4-3-5-10-23)36-34-37(31(29)27-13-8-18-42-27)32(38)28(43-34)19-22-14-16-26(17-15-22)41-21-25-12-7-6-11-24(25)20-35/h3-19,31H,2,21H2,1H3/b28-19+/t31-/m0/s1. The molecular formula is C34H25N3O4S2. The van der Waals surface area contributed by atoms with Gasteiger partial charge in [-0.25, -0.2) is 9.79 Å². The van der Waals surface area contributed by atoms with E-state index in [1.54, 1.807) is 17.6 Å². The lowest BCUT2D eigenvalue weighted by atomic mass is 9.97. The summed E-state index contributed by atoms with van der Waals surface area (Å²) in [6, 6.07) is 29.6. The highest BCUT2D eigenvalue weighted by Gasteiger charge is 2.35. The average molecular weight is 604 g/mol. The first-order chi connectivity index (χ1) is 21.1. The number of fused-ring (bicyclic) bond motifs is 1. The van der Waals surface area contributed by atoms with Crippen LogP contribution in [0.3, 0.4) is 0 Å². The van der Waals surface area contributed by atoms with Gasteiger partial charge in [-0.1, -0.05) is 78.1 Å². The first-order valence-electron chi connectivity index (χ1n) is 13.6. The van der Waals surface area contributed by atoms with Gasteiger partial charge in [-0.2, -0.15) is 5.26 Å². The van der Waals surface area contributed by atoms with Crippen LogP contribution < -0.4 is 19.6 Å². The van der Waals surface area contributed by atoms with Crippen molar-refractivity contribution in [3.8, 4) is 11.8 Å². The van der Waals surface area contributed by atoms with Gasteiger partial charge in [0, 0.05) is 16.0 Å². The number of benzene rings is 3. The topological polar surface area (TPSA) is 93.7 Å². The average Bonchev–Trinajstić information content (AvgIpc) is 3.69. The summed E-state index contributed by atoms with van der Waals surface area (Å²) >= 11 is 2.76. The largest absolute Gasteiger partial charge is 0.489 e. The lowest BCUT2D eigenvalue weighted by Crippen LogP contribution is -2.39. The number of aromatic nitrogens is 1. The molecule has 0 unspecified atom stereocenters. The Balaban J connectivity index is 1.40. The highest BCUT2D eigenvalue weighted by molar-refractivity contribution is 7.10. The molecule has 1 atom stereocenters. The maximum Gasteiger partial charge on any atom is 0.338 e. The molecule has 1 aliphatic rings. The van der Waals surface area contributed by atoms with Crippen molar-refractivity contribution in [2.24, 2.45) is 4.99 Å². The highest BCUT2D eigenvalue weighted by atomic mass is 32.1. The molecule has 0 fully saturated rings. The van der Waals surface area contributed by atoms with E-state index in [4.69, 9.17) is 14.5 Å². The minimum absolute atomic E-state index is 0.205. The van der Waals surface area contributed by atoms with Crippen molar-refractivity contribution in [2.75, 3.05) is 6.61 Å². The summed E-state index contributed by atoms with van der Waals surface area (Å²) in [6.45, 7) is 2.24. The molecule has 0 saturated heterocycles. The van der Waals surface area contributed by atoms with Crippen LogP contribution in [0.2, 0.25) is 0 Å². The number of hydrogen-bond donors (Lipinski definition) is 0. The number of esters is 1. The second-order valence-corrected chi connectivity index (χ2v) is 11.6. The van der Waals surface area contributed by atoms with Gasteiger partial charge >= 0.3 is 5.97 Å². The molecule has 0 bridgehead atoms. The molecule has 5 aromatic rings. The SMILES string of the molecule is CCOC(=O)C1=C(c2ccccc2)N=c2s/c(=C/c3ccc(OCc4ccccc4C#N)cc3)c(=O)n2[C@H]1c1cccs1. The Morgan fingerprint density at radius 3 is 2.51 bits per heavy atom. The summed E-state index contributed by atoms with van der Waals surface area (Å²) in [5.74, 6) is 0.154. The number of hydrogen-bond acceptors (Lipinski definition) is 8. The Bertz CT molecular complexity index is 2040. The van der Waals surface area contributed by atoms with E-state index in [2.05, 4.69) is 6.07 Å². The van der Waals surface area contributed by atoms with Gasteiger partial charge in [0.2, 0.25) is 0 Å². The minimum atomic E-state index is -0.667. The number of thiophene rings is 1. The molecule has 0 amide bonds. The number of ether oxygens (including phenoxy) is 2. The zero-order valence-electron chi connectivity index (χ0n) is 23.1. The fourth-order valence-electron chi connectivity index (χ4n) is 4.88. The van der Waals surface area contributed by atoms with Gasteiger partial charge in [0.15, 0.2) is 4.80 Å². The Kier molecular flexibility index (Phi) is 8.13. The molecule has 6 rings (SSSR count). The second-order valence-electron chi connectivity index (χ2n) is 9.57. The van der Waals surface area contributed by atoms with Crippen LogP contribution >= 0.6 is 22.7 Å². The van der Waals surface area contributed by atoms with Crippen LogP contribution in [0.15, 0.2) is 112 Å². The zero-order valence-corrected chi connectivity index (χ0v) is 24.7. The van der Waals surface area contributed by atoms with Gasteiger partial charge in [-0.15, -0.1) is 11.3 Å². The third-order valence-electron chi connectivity index (χ3n) is 6.90. The van der Waals surface area contributed by atoms with Crippen molar-refractivity contribution in [3.63, 3.8) is 0 Å². The van der Waals surface area contributed by atoms with Crippen molar-refractivity contribution >= 4 is 40.4 Å². The van der Waals surface area contributed by atoms with Crippen LogP contribution in [-0.2, 0) is 16.1 Å². The monoisotopic (exact) mass is 603 g/mol. The minimum Gasteiger partial charge on any atom is -0.489 e. The second kappa shape index (κ2) is 12.4. The fraction of sp³-hybridized carbons (Fsp3) is 0.118. The van der Waals surface area contributed by atoms with E-state index >= 15 is 0 Å². The lowest BCUT2D eigenvalue weighted by Gasteiger charge is -2.24. The van der Waals surface area contributed by atoms with Crippen LogP contribution in [0, 0.1) is 11.3 Å². The summed E-state index contributed by atoms with van der Waals surface area (Å²) < 4.78 is 13.5. The molecular weight excluding hydrogens is 579 g/mol. The molecule has 43 heavy (non-hydrogen) atoms. The van der Waals surface area contributed by atoms with E-state index in [0.29, 0.717) is 31.9 Å². The van der Waals surface area contributed by atoms with Gasteiger partial charge in [0.25, 0.3) is 5.56 Å². The van der Waals surface area contributed by atoms with Crippen molar-refractivity contribution in [1.82, 2.24) is 4.57 Å². The lowest BCUT2D eigenvalue weighted by molar-refractivity contribution is -0.138. The number of carbonyl (C=O) groups is 1. The third kappa shape index (κ3) is 5.71. The van der Waals surface area contributed by atoms with Gasteiger partial charge in [0.05, 0.1) is 34.0 Å². The predicted octanol–water partition coefficient (Wildman–Crippen LogP) is 5.45. The molecule has 0 radical (unpaired) electrons. The number of carbonyl (C=O) groups excluding carboxylic acids is 1. The summed E-state index contributed by atoms with van der Waals surface area (Å²) in [5.41, 5.74) is 3.60. The molecule has 0 aliphatic carbocycles. The predicted molar refractivity (Wildman–Crippen MR) is 167 cm³/mol. The normalized spacial score (nSPS) is 14.5. The Morgan fingerprint density at radius 2 is 1.79 bits per heavy atom. The van der Waals surface area contributed by atoms with E-state index in [-0.39, 0.29) is 18.8 Å². The molecule has 7 nitrogen and oxygen atoms in total. The zero-order chi connectivity index (χ0) is 29.8. The van der Waals surface area contributed by atoms with Crippen LogP contribution in [0.25, 0.3) is 11.8 Å². The van der Waals surface area contributed by atoms with E-state index in [9.17, 15) is 14.9 Å². The van der Waals surface area contributed by atoms with Gasteiger partial charge in [-0.3, -0.25) is 9.36 Å². The van der Waals surface area contributed by atoms with E-state index in [0.717, 1.165) is 21.6 Å². The quantitative estimate of drug-likeness (QED) is 0.220. The number of rotatable bonds is 8. The summed E-state index contributed by atoms with van der Waals surface area (Å²) in [6.07, 6.45) is 1.82. The van der Waals surface area contributed by atoms with Crippen LogP contribution in [0.1, 0.15) is 40.1 Å². The maximum atomic E-state index is 13.9. The van der Waals surface area contributed by atoms with Crippen LogP contribution in [0.4, 0.5) is 0 Å². The molecule has 1 aliphatic heterocycles. The number of thiazole rings is 1. The first-order valence-corrected chi connectivity index (χ1v) is 15.3. The van der Waals surface area contributed by atoms with Gasteiger partial charge < -0.3 is 9.47 Å². The Hall–Kier alpha value is -5.04. The molecule has 0 spiro atoms.